The molecule has 0 atom stereocenters. The van der Waals surface area contributed by atoms with Crippen molar-refractivity contribution in [1.29, 1.82) is 0 Å². The highest BCUT2D eigenvalue weighted by molar-refractivity contribution is 8.18. The van der Waals surface area contributed by atoms with Gasteiger partial charge in [-0.3, -0.25) is 0 Å². The summed E-state index contributed by atoms with van der Waals surface area (Å²) in [6, 6.07) is 14.7. The molecule has 1 heterocycles. The van der Waals surface area contributed by atoms with E-state index < -0.39 is 0 Å². The van der Waals surface area contributed by atoms with Crippen LogP contribution in [-0.4, -0.2) is 11.5 Å². The average Bonchev–Trinajstić information content (AvgIpc) is 3.31. The fourth-order valence-corrected chi connectivity index (χ4v) is 9.65. The van der Waals surface area contributed by atoms with E-state index in [4.69, 9.17) is 0 Å². The zero-order chi connectivity index (χ0) is 16.6. The summed E-state index contributed by atoms with van der Waals surface area (Å²) in [5.41, 5.74) is 9.44. The molecular weight excluding hydrogens is 352 g/mol. The second-order valence-electron chi connectivity index (χ2n) is 8.20. The molecule has 0 aromatic heterocycles. The second kappa shape index (κ2) is 4.10. The van der Waals surface area contributed by atoms with Crippen LogP contribution < -0.4 is 0 Å². The molecule has 0 amide bonds. The highest BCUT2D eigenvalue weighted by Crippen LogP contribution is 2.65. The van der Waals surface area contributed by atoms with Gasteiger partial charge in [0, 0.05) is 0 Å². The Balaban J connectivity index is 1.74. The fraction of sp³-hybridized carbons (Fsp3) is 0.250. The lowest BCUT2D eigenvalue weighted by molar-refractivity contribution is 1.03. The van der Waals surface area contributed by atoms with Crippen molar-refractivity contribution in [3.63, 3.8) is 0 Å². The Labute approximate surface area is 160 Å². The summed E-state index contributed by atoms with van der Waals surface area (Å²) < 4.78 is 0.139. The Morgan fingerprint density at radius 2 is 0.962 bits per heavy atom. The Kier molecular flexibility index (Phi) is 2.13. The van der Waals surface area contributed by atoms with Gasteiger partial charge < -0.3 is 0 Å². The largest absolute Gasteiger partial charge is 0.135 e. The molecule has 1 fully saturated rings. The van der Waals surface area contributed by atoms with Gasteiger partial charge in [0.2, 0.25) is 0 Å². The van der Waals surface area contributed by atoms with Crippen LogP contribution in [0.5, 0.6) is 0 Å². The predicted octanol–water partition coefficient (Wildman–Crippen LogP) is 6.34. The molecule has 1 spiro atoms. The quantitative estimate of drug-likeness (QED) is 0.287. The first-order valence-electron chi connectivity index (χ1n) is 9.63. The summed E-state index contributed by atoms with van der Waals surface area (Å²) in [7, 11) is 0. The molecular formula is C24H16S2. The van der Waals surface area contributed by atoms with Crippen molar-refractivity contribution in [2.75, 3.05) is 11.5 Å². The Bertz CT molecular complexity index is 1260. The first kappa shape index (κ1) is 13.5. The van der Waals surface area contributed by atoms with Gasteiger partial charge in [0.25, 0.3) is 0 Å². The maximum Gasteiger partial charge on any atom is 0.112 e. The highest BCUT2D eigenvalue weighted by Gasteiger charge is 2.46. The molecule has 4 aromatic rings. The molecule has 3 aliphatic carbocycles. The van der Waals surface area contributed by atoms with Gasteiger partial charge >= 0.3 is 0 Å². The fourth-order valence-electron chi connectivity index (χ4n) is 6.18. The maximum atomic E-state index is 2.48. The molecule has 4 aromatic carbocycles. The van der Waals surface area contributed by atoms with Crippen LogP contribution in [0.3, 0.4) is 0 Å². The van der Waals surface area contributed by atoms with Crippen molar-refractivity contribution in [2.45, 2.75) is 23.3 Å². The SMILES string of the molecule is c1cc2c3c4c1Cc1ccc5c(c14)c1c(ccc(c31)C2)C51SCCCS1. The second-order valence-corrected chi connectivity index (χ2v) is 11.1. The number of hydrogen-bond donors (Lipinski definition) is 0. The summed E-state index contributed by atoms with van der Waals surface area (Å²) in [4.78, 5) is 0. The molecule has 0 bridgehead atoms. The zero-order valence-corrected chi connectivity index (χ0v) is 15.9. The normalized spacial score (nSPS) is 20.3. The molecule has 124 valence electrons. The molecule has 0 nitrogen and oxygen atoms in total. The van der Waals surface area contributed by atoms with Crippen LogP contribution in [0.15, 0.2) is 36.4 Å². The molecule has 26 heavy (non-hydrogen) atoms. The van der Waals surface area contributed by atoms with Crippen molar-refractivity contribution in [1.82, 2.24) is 0 Å². The van der Waals surface area contributed by atoms with Gasteiger partial charge in [-0.25, -0.2) is 0 Å². The summed E-state index contributed by atoms with van der Waals surface area (Å²) in [6.45, 7) is 0. The molecule has 0 unspecified atom stereocenters. The third-order valence-corrected chi connectivity index (χ3v) is 10.5. The highest BCUT2D eigenvalue weighted by atomic mass is 32.2. The standard InChI is InChI=1S/C24H16S2/c1-8-25-24(26-9-1)16-6-4-14-10-12-2-3-13-11-15-5-7-17(24)23-21(15)19(13)18(12)20(14)22(16)23/h2-7H,1,8-11H2. The van der Waals surface area contributed by atoms with Gasteiger partial charge in [0.1, 0.15) is 4.08 Å². The van der Waals surface area contributed by atoms with E-state index in [-0.39, 0.29) is 4.08 Å². The van der Waals surface area contributed by atoms with Gasteiger partial charge in [0.05, 0.1) is 0 Å². The topological polar surface area (TPSA) is 0 Å². The van der Waals surface area contributed by atoms with Crippen molar-refractivity contribution < 1.29 is 0 Å². The van der Waals surface area contributed by atoms with Crippen molar-refractivity contribution in [3.05, 3.63) is 69.8 Å². The van der Waals surface area contributed by atoms with Crippen LogP contribution in [-0.2, 0) is 16.9 Å². The van der Waals surface area contributed by atoms with Gasteiger partial charge in [-0.1, -0.05) is 36.4 Å². The lowest BCUT2D eigenvalue weighted by Crippen LogP contribution is -2.21. The molecule has 0 saturated carbocycles. The first-order valence-corrected chi connectivity index (χ1v) is 11.6. The summed E-state index contributed by atoms with van der Waals surface area (Å²) >= 11 is 4.38. The molecule has 4 aliphatic rings. The average molecular weight is 369 g/mol. The van der Waals surface area contributed by atoms with Gasteiger partial charge in [-0.05, 0) is 96.5 Å². The van der Waals surface area contributed by atoms with E-state index in [1.54, 1.807) is 65.7 Å². The number of rotatable bonds is 0. The Morgan fingerprint density at radius 3 is 1.46 bits per heavy atom. The van der Waals surface area contributed by atoms with Crippen LogP contribution in [0.25, 0.3) is 32.3 Å². The number of fused-ring (bicyclic) bond motifs is 2. The van der Waals surface area contributed by atoms with E-state index in [9.17, 15) is 0 Å². The zero-order valence-electron chi connectivity index (χ0n) is 14.3. The van der Waals surface area contributed by atoms with E-state index in [1.165, 1.54) is 17.9 Å². The smallest absolute Gasteiger partial charge is 0.112 e. The van der Waals surface area contributed by atoms with Crippen LogP contribution in [0.1, 0.15) is 39.8 Å². The summed E-state index contributed by atoms with van der Waals surface area (Å²) in [6.07, 6.45) is 3.58. The van der Waals surface area contributed by atoms with Crippen molar-refractivity contribution >= 4 is 55.8 Å². The third-order valence-electron chi connectivity index (χ3n) is 7.08. The number of hydrogen-bond acceptors (Lipinski definition) is 2. The molecule has 0 N–H and O–H groups in total. The molecule has 1 aliphatic heterocycles. The lowest BCUT2D eigenvalue weighted by atomic mass is 9.95. The van der Waals surface area contributed by atoms with Gasteiger partial charge in [-0.15, -0.1) is 23.5 Å². The van der Waals surface area contributed by atoms with E-state index in [0.29, 0.717) is 0 Å². The third kappa shape index (κ3) is 1.22. The Morgan fingerprint density at radius 1 is 0.538 bits per heavy atom. The van der Waals surface area contributed by atoms with Gasteiger partial charge in [-0.2, -0.15) is 0 Å². The van der Waals surface area contributed by atoms with Crippen LogP contribution >= 0.6 is 23.5 Å². The molecule has 8 rings (SSSR count). The Hall–Kier alpha value is -1.64. The minimum Gasteiger partial charge on any atom is -0.135 e. The minimum atomic E-state index is 0.139. The number of benzene rings is 4. The van der Waals surface area contributed by atoms with Crippen molar-refractivity contribution in [3.8, 4) is 0 Å². The van der Waals surface area contributed by atoms with Crippen LogP contribution in [0, 0.1) is 0 Å². The maximum absolute atomic E-state index is 2.48. The van der Waals surface area contributed by atoms with E-state index in [0.717, 1.165) is 12.8 Å². The summed E-state index contributed by atoms with van der Waals surface area (Å²) in [5, 5.41) is 9.63. The predicted molar refractivity (Wildman–Crippen MR) is 115 cm³/mol. The number of thioether (sulfide) groups is 2. The van der Waals surface area contributed by atoms with Crippen LogP contribution in [0.2, 0.25) is 0 Å². The molecule has 0 radical (unpaired) electrons. The lowest BCUT2D eigenvalue weighted by Gasteiger charge is -2.34. The van der Waals surface area contributed by atoms with E-state index >= 15 is 0 Å². The minimum absolute atomic E-state index is 0.139. The van der Waals surface area contributed by atoms with E-state index in [1.807, 2.05) is 0 Å². The van der Waals surface area contributed by atoms with Crippen LogP contribution in [0.4, 0.5) is 0 Å². The molecule has 1 saturated heterocycles. The van der Waals surface area contributed by atoms with Gasteiger partial charge in [0.15, 0.2) is 0 Å². The van der Waals surface area contributed by atoms with E-state index in [2.05, 4.69) is 59.9 Å². The summed E-state index contributed by atoms with van der Waals surface area (Å²) in [5.74, 6) is 2.56. The first-order chi connectivity index (χ1) is 12.9. The monoisotopic (exact) mass is 368 g/mol. The van der Waals surface area contributed by atoms with Crippen molar-refractivity contribution in [2.24, 2.45) is 0 Å². The molecule has 2 heteroatoms.